The third-order valence-corrected chi connectivity index (χ3v) is 6.16. The highest BCUT2D eigenvalue weighted by atomic mass is 32.2. The average Bonchev–Trinajstić information content (AvgIpc) is 2.44. The molecule has 2 heterocycles. The second-order valence-electron chi connectivity index (χ2n) is 6.14. The zero-order chi connectivity index (χ0) is 14.2. The Kier molecular flexibility index (Phi) is 4.00. The Morgan fingerprint density at radius 3 is 3.05 bits per heavy atom. The van der Waals surface area contributed by atoms with Crippen LogP contribution in [0.1, 0.15) is 50.3 Å². The van der Waals surface area contributed by atoms with Gasteiger partial charge in [-0.3, -0.25) is 0 Å². The topological polar surface area (TPSA) is 21.3 Å². The summed E-state index contributed by atoms with van der Waals surface area (Å²) < 4.78 is 6.54. The number of thioether (sulfide) groups is 1. The number of aryl methyl sites for hydroxylation is 1. The highest BCUT2D eigenvalue weighted by Gasteiger charge is 2.46. The molecule has 2 nitrogen and oxygen atoms in total. The van der Waals surface area contributed by atoms with Crippen LogP contribution in [0.25, 0.3) is 0 Å². The van der Waals surface area contributed by atoms with Crippen molar-refractivity contribution in [2.45, 2.75) is 56.9 Å². The Labute approximate surface area is 126 Å². The number of rotatable bonds is 2. The zero-order valence-corrected chi connectivity index (χ0v) is 13.6. The molecule has 0 aromatic heterocycles. The second kappa shape index (κ2) is 5.61. The van der Waals surface area contributed by atoms with Gasteiger partial charge in [0, 0.05) is 23.3 Å². The van der Waals surface area contributed by atoms with E-state index in [2.05, 4.69) is 56.0 Å². The largest absolute Gasteiger partial charge is 0.486 e. The van der Waals surface area contributed by atoms with Crippen LogP contribution < -0.4 is 10.1 Å². The summed E-state index contributed by atoms with van der Waals surface area (Å²) in [6, 6.07) is 7.06. The minimum absolute atomic E-state index is 0.0258. The zero-order valence-electron chi connectivity index (χ0n) is 12.7. The van der Waals surface area contributed by atoms with Gasteiger partial charge < -0.3 is 10.1 Å². The van der Waals surface area contributed by atoms with Gasteiger partial charge in [0.2, 0.25) is 0 Å². The van der Waals surface area contributed by atoms with Crippen molar-refractivity contribution in [3.8, 4) is 5.75 Å². The van der Waals surface area contributed by atoms with Crippen LogP contribution in [-0.2, 0) is 0 Å². The van der Waals surface area contributed by atoms with Gasteiger partial charge in [-0.25, -0.2) is 0 Å². The first-order valence-corrected chi connectivity index (χ1v) is 8.84. The molecule has 0 aliphatic carbocycles. The summed E-state index contributed by atoms with van der Waals surface area (Å²) in [6.45, 7) is 7.70. The summed E-state index contributed by atoms with van der Waals surface area (Å²) in [5.41, 5.74) is 2.69. The summed E-state index contributed by atoms with van der Waals surface area (Å²) in [7, 11) is 0. The minimum Gasteiger partial charge on any atom is -0.486 e. The summed E-state index contributed by atoms with van der Waals surface area (Å²) >= 11 is 2.07. The van der Waals surface area contributed by atoms with Gasteiger partial charge in [0.15, 0.2) is 0 Å². The van der Waals surface area contributed by atoms with E-state index in [4.69, 9.17) is 4.74 Å². The Morgan fingerprint density at radius 2 is 2.30 bits per heavy atom. The number of benzene rings is 1. The monoisotopic (exact) mass is 291 g/mol. The molecule has 0 bridgehead atoms. The van der Waals surface area contributed by atoms with E-state index in [-0.39, 0.29) is 5.60 Å². The maximum absolute atomic E-state index is 6.54. The fraction of sp³-hybridized carbons (Fsp3) is 0.647. The molecule has 20 heavy (non-hydrogen) atoms. The first kappa shape index (κ1) is 14.3. The molecule has 1 aromatic carbocycles. The summed E-state index contributed by atoms with van der Waals surface area (Å²) in [5.74, 6) is 2.38. The SMILES string of the molecule is CCNC1CC2(CCCSC2C)Oc2ccc(C)cc21. The van der Waals surface area contributed by atoms with Crippen LogP contribution in [0.5, 0.6) is 5.75 Å². The molecule has 1 N–H and O–H groups in total. The lowest BCUT2D eigenvalue weighted by molar-refractivity contribution is 0.0205. The molecular formula is C17H25NOS. The molecular weight excluding hydrogens is 266 g/mol. The Morgan fingerprint density at radius 1 is 1.45 bits per heavy atom. The Bertz CT molecular complexity index is 490. The third-order valence-electron chi connectivity index (χ3n) is 4.71. The molecule has 1 fully saturated rings. The van der Waals surface area contributed by atoms with Crippen molar-refractivity contribution in [3.63, 3.8) is 0 Å². The van der Waals surface area contributed by atoms with E-state index in [1.165, 1.54) is 29.7 Å². The molecule has 3 rings (SSSR count). The molecule has 0 radical (unpaired) electrons. The van der Waals surface area contributed by atoms with Gasteiger partial charge in [-0.1, -0.05) is 24.6 Å². The van der Waals surface area contributed by atoms with Gasteiger partial charge in [0.25, 0.3) is 0 Å². The van der Waals surface area contributed by atoms with E-state index >= 15 is 0 Å². The third kappa shape index (κ3) is 2.46. The smallest absolute Gasteiger partial charge is 0.125 e. The standard InChI is InChI=1S/C17H25NOS/c1-4-18-15-11-17(8-5-9-20-13(17)3)19-16-7-6-12(2)10-14(15)16/h6-7,10,13,15,18H,4-5,8-9,11H2,1-3H3. The molecule has 1 saturated heterocycles. The molecule has 110 valence electrons. The number of hydrogen-bond donors (Lipinski definition) is 1. The van der Waals surface area contributed by atoms with Crippen LogP contribution in [0.15, 0.2) is 18.2 Å². The maximum atomic E-state index is 6.54. The molecule has 2 aliphatic rings. The molecule has 3 atom stereocenters. The minimum atomic E-state index is 0.0258. The highest BCUT2D eigenvalue weighted by Crippen LogP contribution is 2.48. The molecule has 1 aromatic rings. The van der Waals surface area contributed by atoms with Gasteiger partial charge in [-0.05, 0) is 45.1 Å². The predicted octanol–water partition coefficient (Wildman–Crippen LogP) is 4.08. The van der Waals surface area contributed by atoms with Crippen molar-refractivity contribution in [3.05, 3.63) is 29.3 Å². The van der Waals surface area contributed by atoms with E-state index in [1.54, 1.807) is 0 Å². The number of fused-ring (bicyclic) bond motifs is 1. The van der Waals surface area contributed by atoms with Crippen LogP contribution in [0, 0.1) is 6.92 Å². The maximum Gasteiger partial charge on any atom is 0.125 e. The summed E-state index contributed by atoms with van der Waals surface area (Å²) in [6.07, 6.45) is 3.57. The quantitative estimate of drug-likeness (QED) is 0.887. The van der Waals surface area contributed by atoms with Crippen LogP contribution in [0.4, 0.5) is 0 Å². The van der Waals surface area contributed by atoms with Gasteiger partial charge in [-0.15, -0.1) is 0 Å². The molecule has 2 aliphatic heterocycles. The van der Waals surface area contributed by atoms with Gasteiger partial charge in [0.05, 0.1) is 0 Å². The fourth-order valence-electron chi connectivity index (χ4n) is 3.57. The highest BCUT2D eigenvalue weighted by molar-refractivity contribution is 8.00. The van der Waals surface area contributed by atoms with Gasteiger partial charge in [-0.2, -0.15) is 11.8 Å². The van der Waals surface area contributed by atoms with Crippen molar-refractivity contribution >= 4 is 11.8 Å². The lowest BCUT2D eigenvalue weighted by Gasteiger charge is -2.48. The lowest BCUT2D eigenvalue weighted by atomic mass is 9.81. The summed E-state index contributed by atoms with van der Waals surface area (Å²) in [4.78, 5) is 0. The van der Waals surface area contributed by atoms with E-state index in [0.717, 1.165) is 18.7 Å². The first-order chi connectivity index (χ1) is 9.64. The van der Waals surface area contributed by atoms with E-state index in [9.17, 15) is 0 Å². The normalized spacial score (nSPS) is 32.8. The second-order valence-corrected chi connectivity index (χ2v) is 7.59. The van der Waals surface area contributed by atoms with Crippen LogP contribution in [0.3, 0.4) is 0 Å². The van der Waals surface area contributed by atoms with E-state index < -0.39 is 0 Å². The lowest BCUT2D eigenvalue weighted by Crippen LogP contribution is -2.52. The van der Waals surface area contributed by atoms with Gasteiger partial charge in [0.1, 0.15) is 11.4 Å². The molecule has 1 spiro atoms. The molecule has 0 amide bonds. The summed E-state index contributed by atoms with van der Waals surface area (Å²) in [5, 5.41) is 4.25. The predicted molar refractivity (Wildman–Crippen MR) is 86.7 cm³/mol. The molecule has 3 unspecified atom stereocenters. The van der Waals surface area contributed by atoms with Crippen LogP contribution in [-0.4, -0.2) is 23.1 Å². The van der Waals surface area contributed by atoms with Gasteiger partial charge >= 0.3 is 0 Å². The van der Waals surface area contributed by atoms with Crippen LogP contribution in [0.2, 0.25) is 0 Å². The van der Waals surface area contributed by atoms with Crippen molar-refractivity contribution in [1.29, 1.82) is 0 Å². The number of nitrogens with one attached hydrogen (secondary N) is 1. The Balaban J connectivity index is 1.98. The molecule has 3 heteroatoms. The van der Waals surface area contributed by atoms with E-state index in [1.807, 2.05) is 0 Å². The number of ether oxygens (including phenoxy) is 1. The molecule has 0 saturated carbocycles. The van der Waals surface area contributed by atoms with Crippen molar-refractivity contribution in [1.82, 2.24) is 5.32 Å². The first-order valence-electron chi connectivity index (χ1n) is 7.79. The van der Waals surface area contributed by atoms with Crippen molar-refractivity contribution < 1.29 is 4.74 Å². The van der Waals surface area contributed by atoms with E-state index in [0.29, 0.717) is 11.3 Å². The Hall–Kier alpha value is -0.670. The fourth-order valence-corrected chi connectivity index (χ4v) is 4.80. The number of hydrogen-bond acceptors (Lipinski definition) is 3. The average molecular weight is 291 g/mol. The van der Waals surface area contributed by atoms with Crippen molar-refractivity contribution in [2.24, 2.45) is 0 Å². The van der Waals surface area contributed by atoms with Crippen LogP contribution >= 0.6 is 11.8 Å². The van der Waals surface area contributed by atoms with Crippen molar-refractivity contribution in [2.75, 3.05) is 12.3 Å².